The number of nitrogens with one attached hydrogen (secondary N) is 1. The zero-order valence-corrected chi connectivity index (χ0v) is 23.8. The van der Waals surface area contributed by atoms with E-state index in [1.165, 1.54) is 18.2 Å². The SMILES string of the molecule is CC(C)(C)OC(=O)N1CCCC2(CC(c3cccc(N4C(C(F)(F)F)=NNN4OC(F)F)c3)CC2=O)C1c1ccccc1. The molecule has 3 unspecified atom stereocenters. The maximum Gasteiger partial charge on any atom is 0.453 e. The van der Waals surface area contributed by atoms with Gasteiger partial charge in [0.1, 0.15) is 11.4 Å². The summed E-state index contributed by atoms with van der Waals surface area (Å²) in [5.41, 5.74) is 1.27. The van der Waals surface area contributed by atoms with Crippen LogP contribution in [-0.2, 0) is 14.4 Å². The number of amides is 1. The summed E-state index contributed by atoms with van der Waals surface area (Å²) in [6.45, 7) is 2.27. The maximum absolute atomic E-state index is 14.0. The number of anilines is 1. The second kappa shape index (κ2) is 11.4. The Morgan fingerprint density at radius 2 is 1.77 bits per heavy atom. The van der Waals surface area contributed by atoms with Crippen molar-refractivity contribution in [1.29, 1.82) is 0 Å². The third-order valence-electron chi connectivity index (χ3n) is 7.84. The minimum atomic E-state index is -4.99. The fraction of sp³-hybridized carbons (Fsp3) is 0.483. The molecule has 3 aliphatic rings. The molecule has 1 amide bonds. The van der Waals surface area contributed by atoms with E-state index in [0.717, 1.165) is 5.56 Å². The number of hydrogen-bond donors (Lipinski definition) is 1. The summed E-state index contributed by atoms with van der Waals surface area (Å²) in [4.78, 5) is 33.2. The first-order valence-corrected chi connectivity index (χ1v) is 13.8. The highest BCUT2D eigenvalue weighted by atomic mass is 19.4. The van der Waals surface area contributed by atoms with E-state index in [1.54, 1.807) is 31.7 Å². The van der Waals surface area contributed by atoms with Crippen LogP contribution in [0, 0.1) is 5.41 Å². The molecular formula is C29H32F5N5O4. The fourth-order valence-corrected chi connectivity index (χ4v) is 6.31. The molecule has 2 heterocycles. The van der Waals surface area contributed by atoms with Crippen LogP contribution in [0.5, 0.6) is 0 Å². The van der Waals surface area contributed by atoms with Crippen molar-refractivity contribution < 1.29 is 41.1 Å². The lowest BCUT2D eigenvalue weighted by Crippen LogP contribution is -2.51. The Hall–Kier alpha value is -3.78. The van der Waals surface area contributed by atoms with Crippen molar-refractivity contribution in [2.45, 2.75) is 76.8 Å². The van der Waals surface area contributed by atoms with Crippen LogP contribution in [0.3, 0.4) is 0 Å². The third-order valence-corrected chi connectivity index (χ3v) is 7.84. The van der Waals surface area contributed by atoms with Gasteiger partial charge in [-0.1, -0.05) is 42.5 Å². The second-order valence-electron chi connectivity index (χ2n) is 11.9. The lowest BCUT2D eigenvalue weighted by molar-refractivity contribution is -0.300. The van der Waals surface area contributed by atoms with Crippen molar-refractivity contribution in [2.24, 2.45) is 10.5 Å². The van der Waals surface area contributed by atoms with Gasteiger partial charge in [-0.05, 0) is 69.2 Å². The number of alkyl halides is 5. The summed E-state index contributed by atoms with van der Waals surface area (Å²) >= 11 is 0. The van der Waals surface area contributed by atoms with Gasteiger partial charge in [0, 0.05) is 18.2 Å². The summed E-state index contributed by atoms with van der Waals surface area (Å²) in [6.07, 6.45) is -4.04. The zero-order chi connectivity index (χ0) is 31.2. The van der Waals surface area contributed by atoms with Crippen molar-refractivity contribution >= 4 is 23.4 Å². The summed E-state index contributed by atoms with van der Waals surface area (Å²) in [5.74, 6) is -1.98. The number of halogens is 5. The van der Waals surface area contributed by atoms with Crippen LogP contribution in [0.2, 0.25) is 0 Å². The van der Waals surface area contributed by atoms with Crippen molar-refractivity contribution in [1.82, 2.24) is 15.7 Å². The van der Waals surface area contributed by atoms with Gasteiger partial charge in [0.15, 0.2) is 0 Å². The van der Waals surface area contributed by atoms with Gasteiger partial charge in [-0.3, -0.25) is 4.79 Å². The predicted molar refractivity (Wildman–Crippen MR) is 145 cm³/mol. The Bertz CT molecular complexity index is 1380. The van der Waals surface area contributed by atoms with Gasteiger partial charge in [0.2, 0.25) is 0 Å². The lowest BCUT2D eigenvalue weighted by atomic mass is 9.68. The summed E-state index contributed by atoms with van der Waals surface area (Å²) in [5, 5.41) is 3.60. The van der Waals surface area contributed by atoms with E-state index in [-0.39, 0.29) is 23.2 Å². The molecule has 1 saturated heterocycles. The third kappa shape index (κ3) is 6.16. The maximum atomic E-state index is 14.0. The molecule has 3 atom stereocenters. The van der Waals surface area contributed by atoms with Crippen LogP contribution in [-0.4, -0.2) is 52.8 Å². The molecule has 9 nitrogen and oxygen atoms in total. The summed E-state index contributed by atoms with van der Waals surface area (Å²) < 4.78 is 72.9. The first-order chi connectivity index (χ1) is 20.2. The van der Waals surface area contributed by atoms with Crippen molar-refractivity contribution in [3.63, 3.8) is 0 Å². The zero-order valence-electron chi connectivity index (χ0n) is 23.8. The minimum absolute atomic E-state index is 0.0620. The Kier molecular flexibility index (Phi) is 8.11. The molecule has 1 N–H and O–H groups in total. The summed E-state index contributed by atoms with van der Waals surface area (Å²) in [7, 11) is 0. The van der Waals surface area contributed by atoms with Crippen LogP contribution >= 0.6 is 0 Å². The smallest absolute Gasteiger partial charge is 0.444 e. The van der Waals surface area contributed by atoms with Crippen LogP contribution in [0.1, 0.15) is 69.5 Å². The second-order valence-corrected chi connectivity index (χ2v) is 11.9. The van der Waals surface area contributed by atoms with Gasteiger partial charge < -0.3 is 9.64 Å². The van der Waals surface area contributed by atoms with E-state index in [0.29, 0.717) is 36.4 Å². The standard InChI is InChI=1S/C29H32F5N5O4/c1-27(2,3)42-26(41)37-14-8-13-28(23(37)18-9-5-4-6-10-18)17-20(16-22(28)40)19-11-7-12-21(15-19)38-24(29(32,33)34)35-36-39(38)43-25(30)31/h4-7,9-12,15,20,23,25,36H,8,13-14,16-17H2,1-3H3. The fourth-order valence-electron chi connectivity index (χ4n) is 6.31. The molecule has 2 fully saturated rings. The van der Waals surface area contributed by atoms with Gasteiger partial charge >= 0.3 is 18.9 Å². The molecule has 43 heavy (non-hydrogen) atoms. The monoisotopic (exact) mass is 609 g/mol. The largest absolute Gasteiger partial charge is 0.453 e. The molecule has 1 aliphatic carbocycles. The molecule has 2 aromatic rings. The quantitative estimate of drug-likeness (QED) is 0.390. The number of Topliss-reactive ketones (excluding diaryl/α,β-unsaturated/α-hetero) is 1. The van der Waals surface area contributed by atoms with Crippen LogP contribution in [0.4, 0.5) is 32.4 Å². The molecular weight excluding hydrogens is 577 g/mol. The van der Waals surface area contributed by atoms with Crippen molar-refractivity contribution in [3.8, 4) is 0 Å². The number of ether oxygens (including phenoxy) is 1. The number of carbonyl (C=O) groups excluding carboxylic acids is 2. The first kappa shape index (κ1) is 30.7. The highest BCUT2D eigenvalue weighted by Crippen LogP contribution is 2.57. The van der Waals surface area contributed by atoms with E-state index >= 15 is 0 Å². The van der Waals surface area contributed by atoms with E-state index in [9.17, 15) is 31.5 Å². The van der Waals surface area contributed by atoms with Gasteiger partial charge in [-0.15, -0.1) is 5.10 Å². The number of benzene rings is 2. The molecule has 1 saturated carbocycles. The van der Waals surface area contributed by atoms with E-state index in [2.05, 4.69) is 9.94 Å². The minimum Gasteiger partial charge on any atom is -0.444 e. The molecule has 2 aliphatic heterocycles. The number of nitrogens with zero attached hydrogens (tertiary/aromatic N) is 4. The number of piperidine rings is 1. The lowest BCUT2D eigenvalue weighted by Gasteiger charge is -2.47. The van der Waals surface area contributed by atoms with Crippen molar-refractivity contribution in [3.05, 3.63) is 65.7 Å². The summed E-state index contributed by atoms with van der Waals surface area (Å²) in [6, 6.07) is 14.5. The number of amidine groups is 1. The molecule has 0 bridgehead atoms. The van der Waals surface area contributed by atoms with Crippen molar-refractivity contribution in [2.75, 3.05) is 11.6 Å². The Morgan fingerprint density at radius 1 is 1.07 bits per heavy atom. The number of rotatable bonds is 5. The highest BCUT2D eigenvalue weighted by molar-refractivity contribution is 6.01. The number of carbonyl (C=O) groups is 2. The molecule has 0 radical (unpaired) electrons. The number of hydrazine groups is 2. The number of hydrazone groups is 1. The van der Waals surface area contributed by atoms with Gasteiger partial charge in [-0.25, -0.2) is 9.80 Å². The normalized spacial score (nSPS) is 25.0. The van der Waals surface area contributed by atoms with Gasteiger partial charge in [0.05, 0.1) is 17.1 Å². The van der Waals surface area contributed by atoms with Gasteiger partial charge in [0.25, 0.3) is 5.84 Å². The average Bonchev–Trinajstić information content (AvgIpc) is 3.49. The highest BCUT2D eigenvalue weighted by Gasteiger charge is 2.57. The van der Waals surface area contributed by atoms with Crippen LogP contribution in [0.25, 0.3) is 0 Å². The Labute approximate surface area is 245 Å². The molecule has 14 heteroatoms. The topological polar surface area (TPSA) is 86.7 Å². The number of likely N-dealkylation sites (tertiary alicyclic amines) is 1. The molecule has 5 rings (SSSR count). The predicted octanol–water partition coefficient (Wildman–Crippen LogP) is 6.46. The van der Waals surface area contributed by atoms with E-state index in [1.807, 2.05) is 35.9 Å². The molecule has 2 aromatic carbocycles. The van der Waals surface area contributed by atoms with Crippen LogP contribution in [0.15, 0.2) is 59.7 Å². The molecule has 0 aromatic heterocycles. The Morgan fingerprint density at radius 3 is 2.42 bits per heavy atom. The Balaban J connectivity index is 1.49. The number of ketones is 1. The molecule has 232 valence electrons. The average molecular weight is 610 g/mol. The molecule has 1 spiro atoms. The number of hydrogen-bond acceptors (Lipinski definition) is 8. The first-order valence-electron chi connectivity index (χ1n) is 13.8. The van der Waals surface area contributed by atoms with Gasteiger partial charge in [-0.2, -0.15) is 32.3 Å². The van der Waals surface area contributed by atoms with Crippen LogP contribution < -0.4 is 10.5 Å². The van der Waals surface area contributed by atoms with E-state index in [4.69, 9.17) is 4.74 Å². The van der Waals surface area contributed by atoms with E-state index < -0.39 is 47.7 Å².